The fourth-order valence-electron chi connectivity index (χ4n) is 8.43. The molecule has 672 valence electrons. The van der Waals surface area contributed by atoms with Crippen molar-refractivity contribution < 1.29 is 47.7 Å². The first-order valence-electron chi connectivity index (χ1n) is 42.2. The molecule has 4 aromatic carbocycles. The van der Waals surface area contributed by atoms with Gasteiger partial charge in [0.2, 0.25) is 0 Å². The van der Waals surface area contributed by atoms with E-state index in [1.807, 2.05) is 138 Å². The molecule has 4 aromatic rings. The van der Waals surface area contributed by atoms with Gasteiger partial charge in [0.25, 0.3) is 0 Å². The van der Waals surface area contributed by atoms with Gasteiger partial charge in [-0.15, -0.1) is 0 Å². The van der Waals surface area contributed by atoms with E-state index in [0.29, 0.717) is 65.3 Å². The van der Waals surface area contributed by atoms with Crippen LogP contribution in [0.3, 0.4) is 0 Å². The number of rotatable bonds is 20. The predicted molar refractivity (Wildman–Crippen MR) is 518 cm³/mol. The molecule has 0 N–H and O–H groups in total. The summed E-state index contributed by atoms with van der Waals surface area (Å²) in [5.74, 6) is 1.90. The first kappa shape index (κ1) is 120. The normalized spacial score (nSPS) is 12.7. The van der Waals surface area contributed by atoms with Crippen LogP contribution in [0.2, 0.25) is 0 Å². The number of unbranched alkanes of at least 4 members (excludes halogenated alkanes) is 1. The molecule has 0 bridgehead atoms. The zero-order valence-electron chi connectivity index (χ0n) is 83.1. The summed E-state index contributed by atoms with van der Waals surface area (Å²) < 4.78 is 25.0. The maximum Gasteiger partial charge on any atom is 0.312 e. The molecule has 0 saturated carbocycles. The Bertz CT molecular complexity index is 3110. The first-order valence-corrected chi connectivity index (χ1v) is 44.8. The monoisotopic (exact) mass is 1690 g/mol. The van der Waals surface area contributed by atoms with Crippen molar-refractivity contribution in [3.63, 3.8) is 0 Å². The highest BCUT2D eigenvalue weighted by molar-refractivity contribution is 7.80. The molecule has 0 amide bonds. The minimum absolute atomic E-state index is 0.0758. The van der Waals surface area contributed by atoms with Crippen LogP contribution in [0.4, 0.5) is 0 Å². The molecule has 10 nitrogen and oxygen atoms in total. The second kappa shape index (κ2) is 50.3. The summed E-state index contributed by atoms with van der Waals surface area (Å²) in [6.45, 7) is 95.4. The van der Waals surface area contributed by atoms with Crippen molar-refractivity contribution in [2.75, 3.05) is 56.5 Å². The number of thiol groups is 4. The molecule has 0 aromatic heterocycles. The van der Waals surface area contributed by atoms with Crippen molar-refractivity contribution in [2.45, 2.75) is 346 Å². The van der Waals surface area contributed by atoms with Gasteiger partial charge in [-0.05, 0) is 188 Å². The highest BCUT2D eigenvalue weighted by atomic mass is 32.1. The lowest BCUT2D eigenvalue weighted by Crippen LogP contribution is -2.39. The standard InChI is InChI=1S/C14H22.3C13H20.C12H24O2S.3C10H20O2S.C7H14O2/c1-11-7-9-12(10-8-11)14(5,6)13(2,3)4;3*1-12(2,3)13(4,5)11-9-7-6-8-10-11;1-11(2,3)12(4,5)10(13)14-8-6-7-9-15;3*1-9(2,3)10(4,5)8(11)12-6-7-13;1-5-7(2,3)6(8)9-4/h7-10H,1-6H3;3*6-10H,1-5H3;15H,6-9H2,1-5H3;3*13H,6-7H2,1-5H3;5H2,1-4H3. The molecule has 0 heterocycles. The largest absolute Gasteiger partial charge is 0.469 e. The van der Waals surface area contributed by atoms with Crippen LogP contribution >= 0.6 is 50.5 Å². The van der Waals surface area contributed by atoms with Crippen molar-refractivity contribution in [2.24, 2.45) is 70.4 Å². The molecule has 0 aliphatic carbocycles. The van der Waals surface area contributed by atoms with Crippen LogP contribution in [0.1, 0.15) is 345 Å². The molecular formula is C102H180O10S4. The Morgan fingerprint density at radius 3 is 0.612 bits per heavy atom. The number of ether oxygens (including phenoxy) is 5. The summed E-state index contributed by atoms with van der Waals surface area (Å²) in [6.07, 6.45) is 2.71. The van der Waals surface area contributed by atoms with E-state index in [4.69, 9.17) is 18.9 Å². The number of carbonyl (C=O) groups excluding carboxylic acids is 5. The molecule has 0 aliphatic rings. The maximum absolute atomic E-state index is 11.8. The number of hydrogen-bond acceptors (Lipinski definition) is 14. The fourth-order valence-corrected chi connectivity index (χ4v) is 8.93. The predicted octanol–water partition coefficient (Wildman–Crippen LogP) is 28.9. The van der Waals surface area contributed by atoms with E-state index in [1.54, 1.807) is 0 Å². The smallest absolute Gasteiger partial charge is 0.312 e. The molecule has 4 rings (SSSR count). The Morgan fingerprint density at radius 2 is 0.457 bits per heavy atom. The second-order valence-corrected chi connectivity index (χ2v) is 45.6. The molecular weight excluding hydrogens is 1510 g/mol. The van der Waals surface area contributed by atoms with Gasteiger partial charge in [0.15, 0.2) is 0 Å². The molecule has 0 fully saturated rings. The van der Waals surface area contributed by atoms with E-state index >= 15 is 0 Å². The third kappa shape index (κ3) is 40.5. The summed E-state index contributed by atoms with van der Waals surface area (Å²) >= 11 is 16.1. The lowest BCUT2D eigenvalue weighted by Gasteiger charge is -2.39. The zero-order valence-corrected chi connectivity index (χ0v) is 86.7. The average Bonchev–Trinajstić information content (AvgIpc) is 0.797. The molecule has 116 heavy (non-hydrogen) atoms. The van der Waals surface area contributed by atoms with E-state index in [1.165, 1.54) is 34.9 Å². The lowest BCUT2D eigenvalue weighted by atomic mass is 9.65. The van der Waals surface area contributed by atoms with E-state index in [-0.39, 0.29) is 78.6 Å². The number of methoxy groups -OCH3 is 1. The van der Waals surface area contributed by atoms with E-state index < -0.39 is 21.7 Å². The van der Waals surface area contributed by atoms with Crippen LogP contribution in [-0.2, 0) is 69.3 Å². The summed E-state index contributed by atoms with van der Waals surface area (Å²) in [5.41, 5.74) is 6.71. The third-order valence-electron chi connectivity index (χ3n) is 26.7. The quantitative estimate of drug-likeness (QED) is 0.0294. The van der Waals surface area contributed by atoms with Crippen LogP contribution in [0.25, 0.3) is 0 Å². The van der Waals surface area contributed by atoms with Gasteiger partial charge in [-0.1, -0.05) is 349 Å². The van der Waals surface area contributed by atoms with Crippen LogP contribution in [0.5, 0.6) is 0 Å². The Hall–Kier alpha value is -4.37. The second-order valence-electron chi connectivity index (χ2n) is 43.8. The Balaban J connectivity index is -0.000000399. The minimum atomic E-state index is -0.448. The Morgan fingerprint density at radius 1 is 0.259 bits per heavy atom. The molecule has 0 atom stereocenters. The van der Waals surface area contributed by atoms with Crippen LogP contribution < -0.4 is 0 Å². The van der Waals surface area contributed by atoms with Gasteiger partial charge >= 0.3 is 29.8 Å². The van der Waals surface area contributed by atoms with Crippen LogP contribution in [0, 0.1) is 77.3 Å². The molecule has 0 aliphatic heterocycles. The van der Waals surface area contributed by atoms with Crippen LogP contribution in [0.15, 0.2) is 115 Å². The molecule has 14 heteroatoms. The van der Waals surface area contributed by atoms with E-state index in [0.717, 1.165) is 25.0 Å². The topological polar surface area (TPSA) is 132 Å². The van der Waals surface area contributed by atoms with Gasteiger partial charge in [-0.3, -0.25) is 24.0 Å². The van der Waals surface area contributed by atoms with Crippen molar-refractivity contribution in [1.29, 1.82) is 0 Å². The molecule has 0 saturated heterocycles. The van der Waals surface area contributed by atoms with Gasteiger partial charge < -0.3 is 23.7 Å². The molecule has 0 spiro atoms. The highest BCUT2D eigenvalue weighted by Crippen LogP contribution is 2.46. The summed E-state index contributed by atoms with van der Waals surface area (Å²) in [7, 11) is 1.42. The number of esters is 5. The van der Waals surface area contributed by atoms with Crippen molar-refractivity contribution in [3.05, 3.63) is 143 Å². The van der Waals surface area contributed by atoms with Crippen molar-refractivity contribution >= 4 is 80.4 Å². The molecule has 0 radical (unpaired) electrons. The van der Waals surface area contributed by atoms with E-state index in [9.17, 15) is 24.0 Å². The summed E-state index contributed by atoms with van der Waals surface area (Å²) in [4.78, 5) is 57.5. The van der Waals surface area contributed by atoms with Crippen molar-refractivity contribution in [3.8, 4) is 0 Å². The van der Waals surface area contributed by atoms with Gasteiger partial charge in [0, 0.05) is 17.3 Å². The number of benzene rings is 4. The zero-order chi connectivity index (χ0) is 93.0. The number of carbonyl (C=O) groups is 5. The van der Waals surface area contributed by atoms with E-state index in [2.05, 4.69) is 337 Å². The van der Waals surface area contributed by atoms with Gasteiger partial charge in [0.1, 0.15) is 19.8 Å². The highest BCUT2D eigenvalue weighted by Gasteiger charge is 2.45. The summed E-state index contributed by atoms with van der Waals surface area (Å²) in [5, 5.41) is 0. The SMILES string of the molecule is CC(C)(C)C(C)(C)C(=O)OCCCCS.CC(C)(C)C(C)(C)C(=O)OCCS.CC(C)(C)C(C)(C)C(=O)OCCS.CC(C)(C)C(C)(C)C(=O)OCCS.CC(C)(C)C(C)(C)c1ccccc1.CC(C)(C)C(C)(C)c1ccccc1.CC(C)(C)C(C)(C)c1ccccc1.CCC(C)(C)C(=O)OC.Cc1ccc(C(C)(C)C(C)(C)C)cc1. The Labute approximate surface area is 738 Å². The third-order valence-corrected chi connectivity index (χ3v) is 27.5. The first-order chi connectivity index (χ1) is 51.8. The van der Waals surface area contributed by atoms with Crippen molar-refractivity contribution in [1.82, 2.24) is 0 Å². The van der Waals surface area contributed by atoms with Gasteiger partial charge in [-0.25, -0.2) is 0 Å². The fraction of sp³-hybridized carbons (Fsp3) is 0.716. The summed E-state index contributed by atoms with van der Waals surface area (Å²) in [6, 6.07) is 41.1. The van der Waals surface area contributed by atoms with Gasteiger partial charge in [0.05, 0.1) is 40.8 Å². The van der Waals surface area contributed by atoms with Crippen LogP contribution in [-0.4, -0.2) is 86.4 Å². The maximum atomic E-state index is 11.8. The molecule has 0 unspecified atom stereocenters. The number of hydrogen-bond donors (Lipinski definition) is 4. The Kier molecular flexibility index (Phi) is 52.1. The van der Waals surface area contributed by atoms with Gasteiger partial charge in [-0.2, -0.15) is 50.5 Å². The number of aryl methyl sites for hydroxylation is 1. The lowest BCUT2D eigenvalue weighted by molar-refractivity contribution is -0.161. The average molecular weight is 1690 g/mol. The minimum Gasteiger partial charge on any atom is -0.469 e.